The fourth-order valence-corrected chi connectivity index (χ4v) is 3.21. The second-order valence-corrected chi connectivity index (χ2v) is 6.89. The Morgan fingerprint density at radius 1 is 1.54 bits per heavy atom. The minimum absolute atomic E-state index is 0.0608. The van der Waals surface area contributed by atoms with E-state index in [9.17, 15) is 9.59 Å². The standard InChI is InChI=1S/C19H25N5O4/c1-4-16(25)24-6-5-13(9-24)11-28-15-8-21-18-17(23-15)14(7-20-18)19(26)22-12(2)10-27-3/h4,7-8,12-13H,1,5-6,9-11H2,2-3H3,(H,20,21)(H,22,26). The zero-order valence-electron chi connectivity index (χ0n) is 16.1. The molecule has 1 aliphatic rings. The molecule has 2 unspecified atom stereocenters. The monoisotopic (exact) mass is 387 g/mol. The van der Waals surface area contributed by atoms with Crippen molar-refractivity contribution in [2.24, 2.45) is 5.92 Å². The lowest BCUT2D eigenvalue weighted by Gasteiger charge is -2.14. The second kappa shape index (κ2) is 8.83. The van der Waals surface area contributed by atoms with Crippen molar-refractivity contribution in [3.63, 3.8) is 0 Å². The molecule has 2 aromatic rings. The number of carbonyl (C=O) groups is 2. The van der Waals surface area contributed by atoms with Crippen LogP contribution in [0, 0.1) is 5.92 Å². The molecule has 3 rings (SSSR count). The highest BCUT2D eigenvalue weighted by atomic mass is 16.5. The van der Waals surface area contributed by atoms with Crippen LogP contribution in [0.4, 0.5) is 0 Å². The number of fused-ring (bicyclic) bond motifs is 1. The third kappa shape index (κ3) is 4.48. The molecule has 1 fully saturated rings. The highest BCUT2D eigenvalue weighted by Crippen LogP contribution is 2.20. The van der Waals surface area contributed by atoms with Gasteiger partial charge in [-0.2, -0.15) is 0 Å². The Balaban J connectivity index is 1.64. The lowest BCUT2D eigenvalue weighted by Crippen LogP contribution is -2.35. The van der Waals surface area contributed by atoms with Gasteiger partial charge in [0.15, 0.2) is 5.65 Å². The largest absolute Gasteiger partial charge is 0.476 e. The van der Waals surface area contributed by atoms with Gasteiger partial charge in [-0.25, -0.2) is 9.97 Å². The lowest BCUT2D eigenvalue weighted by molar-refractivity contribution is -0.125. The van der Waals surface area contributed by atoms with Gasteiger partial charge in [-0.15, -0.1) is 0 Å². The average Bonchev–Trinajstić information content (AvgIpc) is 3.32. The van der Waals surface area contributed by atoms with E-state index in [1.807, 2.05) is 6.92 Å². The maximum Gasteiger partial charge on any atom is 0.255 e. The van der Waals surface area contributed by atoms with E-state index in [1.165, 1.54) is 12.3 Å². The van der Waals surface area contributed by atoms with Crippen molar-refractivity contribution in [3.8, 4) is 5.88 Å². The molecule has 0 saturated carbocycles. The summed E-state index contributed by atoms with van der Waals surface area (Å²) in [5.74, 6) is 0.260. The van der Waals surface area contributed by atoms with Crippen LogP contribution in [0.2, 0.25) is 0 Å². The summed E-state index contributed by atoms with van der Waals surface area (Å²) in [6.45, 7) is 7.55. The molecule has 0 aromatic carbocycles. The van der Waals surface area contributed by atoms with Crippen molar-refractivity contribution >= 4 is 23.0 Å². The number of methoxy groups -OCH3 is 1. The molecule has 2 atom stereocenters. The fraction of sp³-hybridized carbons (Fsp3) is 0.474. The van der Waals surface area contributed by atoms with Crippen molar-refractivity contribution < 1.29 is 19.1 Å². The molecule has 28 heavy (non-hydrogen) atoms. The molecule has 2 amide bonds. The van der Waals surface area contributed by atoms with Gasteiger partial charge in [-0.3, -0.25) is 9.59 Å². The van der Waals surface area contributed by atoms with Crippen LogP contribution in [-0.4, -0.2) is 71.1 Å². The summed E-state index contributed by atoms with van der Waals surface area (Å²) in [7, 11) is 1.58. The van der Waals surface area contributed by atoms with E-state index < -0.39 is 0 Å². The van der Waals surface area contributed by atoms with E-state index in [4.69, 9.17) is 9.47 Å². The molecule has 2 N–H and O–H groups in total. The van der Waals surface area contributed by atoms with Crippen molar-refractivity contribution in [3.05, 3.63) is 30.6 Å². The minimum atomic E-state index is -0.253. The van der Waals surface area contributed by atoms with Crippen LogP contribution in [0.5, 0.6) is 5.88 Å². The van der Waals surface area contributed by atoms with Gasteiger partial charge >= 0.3 is 0 Å². The number of amides is 2. The average molecular weight is 387 g/mol. The first-order valence-electron chi connectivity index (χ1n) is 9.20. The Kier molecular flexibility index (Phi) is 6.25. The van der Waals surface area contributed by atoms with Crippen LogP contribution in [0.3, 0.4) is 0 Å². The summed E-state index contributed by atoms with van der Waals surface area (Å²) in [5, 5.41) is 2.85. The van der Waals surface area contributed by atoms with Crippen LogP contribution in [-0.2, 0) is 9.53 Å². The summed E-state index contributed by atoms with van der Waals surface area (Å²) >= 11 is 0. The van der Waals surface area contributed by atoms with E-state index in [2.05, 4.69) is 26.8 Å². The molecule has 1 aliphatic heterocycles. The maximum absolute atomic E-state index is 12.5. The number of aromatic amines is 1. The molecule has 0 radical (unpaired) electrons. The molecule has 3 heterocycles. The maximum atomic E-state index is 12.5. The predicted molar refractivity (Wildman–Crippen MR) is 103 cm³/mol. The molecule has 9 heteroatoms. The number of ether oxygens (including phenoxy) is 2. The quantitative estimate of drug-likeness (QED) is 0.658. The van der Waals surface area contributed by atoms with Crippen molar-refractivity contribution in [2.75, 3.05) is 33.4 Å². The van der Waals surface area contributed by atoms with Crippen LogP contribution in [0.25, 0.3) is 11.2 Å². The highest BCUT2D eigenvalue weighted by Gasteiger charge is 2.25. The lowest BCUT2D eigenvalue weighted by atomic mass is 10.1. The van der Waals surface area contributed by atoms with Crippen molar-refractivity contribution in [1.29, 1.82) is 0 Å². The van der Waals surface area contributed by atoms with Crippen molar-refractivity contribution in [2.45, 2.75) is 19.4 Å². The topological polar surface area (TPSA) is 109 Å². The van der Waals surface area contributed by atoms with E-state index in [0.717, 1.165) is 6.42 Å². The summed E-state index contributed by atoms with van der Waals surface area (Å²) in [4.78, 5) is 37.6. The number of hydrogen-bond acceptors (Lipinski definition) is 6. The number of H-pyrrole nitrogens is 1. The first kappa shape index (κ1) is 19.8. The third-order valence-electron chi connectivity index (χ3n) is 4.64. The van der Waals surface area contributed by atoms with Gasteiger partial charge in [0.2, 0.25) is 11.8 Å². The Hall–Kier alpha value is -2.94. The summed E-state index contributed by atoms with van der Waals surface area (Å²) in [6, 6.07) is -0.126. The predicted octanol–water partition coefficient (Wildman–Crippen LogP) is 1.14. The van der Waals surface area contributed by atoms with Crippen molar-refractivity contribution in [1.82, 2.24) is 25.2 Å². The summed E-state index contributed by atoms with van der Waals surface area (Å²) in [6.07, 6.45) is 5.30. The molecule has 150 valence electrons. The van der Waals surface area contributed by atoms with E-state index >= 15 is 0 Å². The number of likely N-dealkylation sites (tertiary alicyclic amines) is 1. The van der Waals surface area contributed by atoms with Gasteiger partial charge in [0.1, 0.15) is 5.52 Å². The van der Waals surface area contributed by atoms with Gasteiger partial charge in [-0.05, 0) is 19.4 Å². The molecular weight excluding hydrogens is 362 g/mol. The first-order valence-corrected chi connectivity index (χ1v) is 9.20. The Bertz CT molecular complexity index is 865. The van der Waals surface area contributed by atoms with Gasteiger partial charge < -0.3 is 24.7 Å². The summed E-state index contributed by atoms with van der Waals surface area (Å²) < 4.78 is 10.8. The second-order valence-electron chi connectivity index (χ2n) is 6.89. The SMILES string of the molecule is C=CC(=O)N1CCC(COc2cnc3[nH]cc(C(=O)NC(C)COC)c3n2)C1. The van der Waals surface area contributed by atoms with Crippen LogP contribution in [0.1, 0.15) is 23.7 Å². The van der Waals surface area contributed by atoms with Gasteiger partial charge in [0.05, 0.1) is 25.0 Å². The van der Waals surface area contributed by atoms with Gasteiger partial charge in [-0.1, -0.05) is 6.58 Å². The fourth-order valence-electron chi connectivity index (χ4n) is 3.21. The van der Waals surface area contributed by atoms with E-state index in [-0.39, 0.29) is 23.8 Å². The number of rotatable bonds is 8. The molecular formula is C19H25N5O4. The van der Waals surface area contributed by atoms with Gasteiger partial charge in [0, 0.05) is 38.4 Å². The molecule has 0 aliphatic carbocycles. The Morgan fingerprint density at radius 2 is 2.36 bits per heavy atom. The number of hydrogen-bond donors (Lipinski definition) is 2. The Morgan fingerprint density at radius 3 is 3.11 bits per heavy atom. The number of carbonyl (C=O) groups excluding carboxylic acids is 2. The van der Waals surface area contributed by atoms with Crippen LogP contribution in [0.15, 0.2) is 25.0 Å². The highest BCUT2D eigenvalue weighted by molar-refractivity contribution is 6.04. The Labute approximate surface area is 163 Å². The first-order chi connectivity index (χ1) is 13.5. The van der Waals surface area contributed by atoms with Gasteiger partial charge in [0.25, 0.3) is 5.91 Å². The summed E-state index contributed by atoms with van der Waals surface area (Å²) in [5.41, 5.74) is 1.37. The zero-order chi connectivity index (χ0) is 20.1. The number of aromatic nitrogens is 3. The zero-order valence-corrected chi connectivity index (χ0v) is 16.1. The minimum Gasteiger partial charge on any atom is -0.476 e. The normalized spacial score (nSPS) is 17.5. The molecule has 0 spiro atoms. The smallest absolute Gasteiger partial charge is 0.255 e. The number of nitrogens with zero attached hydrogens (tertiary/aromatic N) is 3. The van der Waals surface area contributed by atoms with E-state index in [0.29, 0.717) is 48.9 Å². The molecule has 2 aromatic heterocycles. The van der Waals surface area contributed by atoms with E-state index in [1.54, 1.807) is 18.2 Å². The van der Waals surface area contributed by atoms with Crippen LogP contribution >= 0.6 is 0 Å². The molecule has 0 bridgehead atoms. The van der Waals surface area contributed by atoms with Crippen LogP contribution < -0.4 is 10.1 Å². The molecule has 9 nitrogen and oxygen atoms in total. The number of nitrogens with one attached hydrogen (secondary N) is 2. The molecule has 1 saturated heterocycles. The third-order valence-corrected chi connectivity index (χ3v) is 4.64.